The topological polar surface area (TPSA) is 72.5 Å². The van der Waals surface area contributed by atoms with Crippen LogP contribution in [0.15, 0.2) is 46.0 Å². The molecule has 0 saturated heterocycles. The molecular formula is C13H12ClNO4S2. The van der Waals surface area contributed by atoms with E-state index in [0.29, 0.717) is 5.02 Å². The van der Waals surface area contributed by atoms with Gasteiger partial charge in [-0.05, 0) is 23.1 Å². The molecule has 1 aromatic carbocycles. The number of benzene rings is 1. The van der Waals surface area contributed by atoms with Crippen LogP contribution in [0.4, 0.5) is 0 Å². The summed E-state index contributed by atoms with van der Waals surface area (Å²) in [5, 5.41) is 2.15. The smallest absolute Gasteiger partial charge is 0.273 e. The fourth-order valence-electron chi connectivity index (χ4n) is 1.52. The van der Waals surface area contributed by atoms with E-state index < -0.39 is 15.9 Å². The summed E-state index contributed by atoms with van der Waals surface area (Å²) in [6.07, 6.45) is 0. The van der Waals surface area contributed by atoms with Crippen LogP contribution in [0.3, 0.4) is 0 Å². The highest BCUT2D eigenvalue weighted by Gasteiger charge is 2.18. The van der Waals surface area contributed by atoms with E-state index in [1.54, 1.807) is 35.7 Å². The quantitative estimate of drug-likeness (QED) is 0.872. The molecule has 0 aliphatic heterocycles. The van der Waals surface area contributed by atoms with Crippen molar-refractivity contribution in [2.75, 3.05) is 6.61 Å². The van der Waals surface area contributed by atoms with Crippen LogP contribution in [0.5, 0.6) is 0 Å². The summed E-state index contributed by atoms with van der Waals surface area (Å²) >= 11 is 6.97. The zero-order valence-corrected chi connectivity index (χ0v) is 13.2. The summed E-state index contributed by atoms with van der Waals surface area (Å²) in [7, 11) is -3.81. The predicted octanol–water partition coefficient (Wildman–Crippen LogP) is 2.42. The van der Waals surface area contributed by atoms with Gasteiger partial charge in [0.2, 0.25) is 0 Å². The largest absolute Gasteiger partial charge is 0.367 e. The molecule has 1 aromatic heterocycles. The lowest BCUT2D eigenvalue weighted by Crippen LogP contribution is -2.33. The minimum absolute atomic E-state index is 0.0851. The van der Waals surface area contributed by atoms with Crippen molar-refractivity contribution in [1.29, 1.82) is 0 Å². The molecule has 0 atom stereocenters. The average molecular weight is 346 g/mol. The highest BCUT2D eigenvalue weighted by atomic mass is 35.5. The maximum atomic E-state index is 11.8. The van der Waals surface area contributed by atoms with Gasteiger partial charge in [0.25, 0.3) is 15.9 Å². The van der Waals surface area contributed by atoms with Crippen LogP contribution in [0.2, 0.25) is 5.02 Å². The Morgan fingerprint density at radius 2 is 2.00 bits per heavy atom. The number of ether oxygens (including phenoxy) is 1. The SMILES string of the molecule is O=C(COCc1ccccc1Cl)NS(=O)(=O)c1cccs1. The zero-order chi connectivity index (χ0) is 15.3. The second-order valence-electron chi connectivity index (χ2n) is 4.04. The van der Waals surface area contributed by atoms with Crippen LogP contribution in [0.1, 0.15) is 5.56 Å². The Hall–Kier alpha value is -1.41. The molecule has 1 heterocycles. The number of sulfonamides is 1. The molecule has 5 nitrogen and oxygen atoms in total. The monoisotopic (exact) mass is 345 g/mol. The van der Waals surface area contributed by atoms with E-state index >= 15 is 0 Å². The number of rotatable bonds is 6. The fraction of sp³-hybridized carbons (Fsp3) is 0.154. The predicted molar refractivity (Wildman–Crippen MR) is 80.8 cm³/mol. The first kappa shape index (κ1) is 16.0. The van der Waals surface area contributed by atoms with Gasteiger partial charge in [-0.3, -0.25) is 4.79 Å². The lowest BCUT2D eigenvalue weighted by atomic mass is 10.2. The van der Waals surface area contributed by atoms with Crippen LogP contribution in [0, 0.1) is 0 Å². The molecule has 0 fully saturated rings. The van der Waals surface area contributed by atoms with Crippen LogP contribution < -0.4 is 4.72 Å². The van der Waals surface area contributed by atoms with Gasteiger partial charge >= 0.3 is 0 Å². The highest BCUT2D eigenvalue weighted by molar-refractivity contribution is 7.92. The number of halogens is 1. The molecule has 0 aliphatic carbocycles. The maximum Gasteiger partial charge on any atom is 0.273 e. The molecule has 2 rings (SSSR count). The third-order valence-electron chi connectivity index (χ3n) is 2.46. The Morgan fingerprint density at radius 1 is 1.24 bits per heavy atom. The van der Waals surface area contributed by atoms with Gasteiger partial charge in [-0.25, -0.2) is 13.1 Å². The average Bonchev–Trinajstić information content (AvgIpc) is 2.95. The number of carbonyl (C=O) groups is 1. The van der Waals surface area contributed by atoms with Crippen LogP contribution in [-0.2, 0) is 26.2 Å². The molecule has 8 heteroatoms. The molecule has 1 N–H and O–H groups in total. The number of amides is 1. The molecule has 112 valence electrons. The lowest BCUT2D eigenvalue weighted by molar-refractivity contribution is -0.124. The molecule has 1 amide bonds. The maximum absolute atomic E-state index is 11.8. The number of hydrogen-bond acceptors (Lipinski definition) is 5. The molecule has 0 bridgehead atoms. The van der Waals surface area contributed by atoms with E-state index in [-0.39, 0.29) is 17.4 Å². The summed E-state index contributed by atoms with van der Waals surface area (Å²) in [5.74, 6) is -0.726. The Balaban J connectivity index is 1.85. The van der Waals surface area contributed by atoms with Crippen molar-refractivity contribution in [2.45, 2.75) is 10.8 Å². The molecule has 0 saturated carbocycles. The van der Waals surface area contributed by atoms with Gasteiger partial charge in [0.15, 0.2) is 0 Å². The van der Waals surface area contributed by atoms with Gasteiger partial charge in [0.1, 0.15) is 10.8 Å². The highest BCUT2D eigenvalue weighted by Crippen LogP contribution is 2.16. The van der Waals surface area contributed by atoms with E-state index in [9.17, 15) is 13.2 Å². The van der Waals surface area contributed by atoms with Crippen molar-refractivity contribution in [2.24, 2.45) is 0 Å². The van der Waals surface area contributed by atoms with Crippen molar-refractivity contribution < 1.29 is 17.9 Å². The van der Waals surface area contributed by atoms with Crippen molar-refractivity contribution in [3.8, 4) is 0 Å². The molecule has 0 aliphatic rings. The van der Waals surface area contributed by atoms with E-state index in [2.05, 4.69) is 0 Å². The molecule has 0 unspecified atom stereocenters. The van der Waals surface area contributed by atoms with Crippen LogP contribution >= 0.6 is 22.9 Å². The van der Waals surface area contributed by atoms with Gasteiger partial charge < -0.3 is 4.74 Å². The first-order valence-corrected chi connectivity index (χ1v) is 8.63. The van der Waals surface area contributed by atoms with Crippen LogP contribution in [-0.4, -0.2) is 20.9 Å². The minimum atomic E-state index is -3.81. The summed E-state index contributed by atoms with van der Waals surface area (Å²) in [6.45, 7) is -0.234. The summed E-state index contributed by atoms with van der Waals surface area (Å²) < 4.78 is 30.8. The number of nitrogens with one attached hydrogen (secondary N) is 1. The van der Waals surface area contributed by atoms with E-state index in [1.165, 1.54) is 6.07 Å². The van der Waals surface area contributed by atoms with Crippen molar-refractivity contribution in [1.82, 2.24) is 4.72 Å². The first-order chi connectivity index (χ1) is 9.99. The number of hydrogen-bond donors (Lipinski definition) is 1. The summed E-state index contributed by atoms with van der Waals surface area (Å²) in [6, 6.07) is 10.1. The third-order valence-corrected chi connectivity index (χ3v) is 5.60. The van der Waals surface area contributed by atoms with E-state index in [1.807, 2.05) is 4.72 Å². The van der Waals surface area contributed by atoms with Gasteiger partial charge in [-0.1, -0.05) is 35.9 Å². The second kappa shape index (κ2) is 7.04. The normalized spacial score (nSPS) is 11.3. The van der Waals surface area contributed by atoms with Gasteiger partial charge in [-0.15, -0.1) is 11.3 Å². The zero-order valence-electron chi connectivity index (χ0n) is 10.8. The molecular weight excluding hydrogens is 334 g/mol. The molecule has 0 spiro atoms. The van der Waals surface area contributed by atoms with E-state index in [0.717, 1.165) is 16.9 Å². The summed E-state index contributed by atoms with van der Waals surface area (Å²) in [4.78, 5) is 11.6. The van der Waals surface area contributed by atoms with Crippen molar-refractivity contribution >= 4 is 38.9 Å². The Morgan fingerprint density at radius 3 is 2.67 bits per heavy atom. The Kier molecular flexibility index (Phi) is 5.35. The Bertz CT molecular complexity index is 714. The van der Waals surface area contributed by atoms with E-state index in [4.69, 9.17) is 16.3 Å². The minimum Gasteiger partial charge on any atom is -0.367 e. The fourth-order valence-corrected chi connectivity index (χ4v) is 3.67. The molecule has 2 aromatic rings. The van der Waals surface area contributed by atoms with Gasteiger partial charge in [0.05, 0.1) is 6.61 Å². The van der Waals surface area contributed by atoms with Crippen molar-refractivity contribution in [3.63, 3.8) is 0 Å². The van der Waals surface area contributed by atoms with Gasteiger partial charge in [0, 0.05) is 5.02 Å². The van der Waals surface area contributed by atoms with Crippen molar-refractivity contribution in [3.05, 3.63) is 52.4 Å². The number of thiophene rings is 1. The number of carbonyl (C=O) groups excluding carboxylic acids is 1. The molecule has 21 heavy (non-hydrogen) atoms. The standard InChI is InChI=1S/C13H12ClNO4S2/c14-11-5-2-1-4-10(11)8-19-9-12(16)15-21(17,18)13-6-3-7-20-13/h1-7H,8-9H2,(H,15,16). The summed E-state index contributed by atoms with van der Waals surface area (Å²) in [5.41, 5.74) is 0.730. The van der Waals surface area contributed by atoms with Gasteiger partial charge in [-0.2, -0.15) is 0 Å². The molecule has 0 radical (unpaired) electrons. The van der Waals surface area contributed by atoms with Crippen LogP contribution in [0.25, 0.3) is 0 Å². The second-order valence-corrected chi connectivity index (χ2v) is 7.31. The first-order valence-electron chi connectivity index (χ1n) is 5.89. The third kappa shape index (κ3) is 4.53. The lowest BCUT2D eigenvalue weighted by Gasteiger charge is -2.07. The Labute approximate surface area is 131 Å².